The van der Waals surface area contributed by atoms with Gasteiger partial charge in [0.15, 0.2) is 5.13 Å². The summed E-state index contributed by atoms with van der Waals surface area (Å²) in [5.74, 6) is 0.522. The highest BCUT2D eigenvalue weighted by Crippen LogP contribution is 2.29. The first-order valence-electron chi connectivity index (χ1n) is 8.64. The van der Waals surface area contributed by atoms with Crippen molar-refractivity contribution < 1.29 is 4.74 Å². The molecule has 2 saturated heterocycles. The van der Waals surface area contributed by atoms with E-state index < -0.39 is 0 Å². The maximum atomic E-state index is 5.42. The van der Waals surface area contributed by atoms with E-state index in [0.29, 0.717) is 5.92 Å². The third-order valence-electron chi connectivity index (χ3n) is 4.73. The maximum absolute atomic E-state index is 5.42. The van der Waals surface area contributed by atoms with Crippen LogP contribution in [-0.4, -0.2) is 59.2 Å². The summed E-state index contributed by atoms with van der Waals surface area (Å²) >= 11 is 1.82. The molecule has 2 aromatic rings. The van der Waals surface area contributed by atoms with Gasteiger partial charge in [0.1, 0.15) is 6.33 Å². The Morgan fingerprint density at radius 3 is 2.96 bits per heavy atom. The van der Waals surface area contributed by atoms with Crippen molar-refractivity contribution in [3.05, 3.63) is 35.4 Å². The van der Waals surface area contributed by atoms with Crippen LogP contribution in [-0.2, 0) is 11.3 Å². The summed E-state index contributed by atoms with van der Waals surface area (Å²) in [6.07, 6.45) is 7.99. The second-order valence-corrected chi connectivity index (χ2v) is 7.51. The lowest BCUT2D eigenvalue weighted by atomic mass is 9.94. The number of hydrogen-bond donors (Lipinski definition) is 0. The Hall–Kier alpha value is -1.57. The Balaban J connectivity index is 1.37. The van der Waals surface area contributed by atoms with Gasteiger partial charge in [-0.3, -0.25) is 4.90 Å². The monoisotopic (exact) mass is 345 g/mol. The molecule has 128 valence electrons. The van der Waals surface area contributed by atoms with Crippen LogP contribution in [0.5, 0.6) is 0 Å². The quantitative estimate of drug-likeness (QED) is 0.846. The SMILES string of the molecule is c1cc([C@H]2CCCN(Cc3cnc(N4CCOCC4)s3)C2)ncn1. The second kappa shape index (κ2) is 7.55. The minimum absolute atomic E-state index is 0.522. The number of morpholine rings is 1. The summed E-state index contributed by atoms with van der Waals surface area (Å²) < 4.78 is 5.42. The van der Waals surface area contributed by atoms with Crippen LogP contribution >= 0.6 is 11.3 Å². The molecule has 0 bridgehead atoms. The molecule has 0 spiro atoms. The second-order valence-electron chi connectivity index (χ2n) is 6.42. The van der Waals surface area contributed by atoms with Crippen LogP contribution in [0.25, 0.3) is 0 Å². The Bertz CT molecular complexity index is 643. The smallest absolute Gasteiger partial charge is 0.185 e. The average molecular weight is 345 g/mol. The van der Waals surface area contributed by atoms with Gasteiger partial charge >= 0.3 is 0 Å². The van der Waals surface area contributed by atoms with E-state index in [1.807, 2.05) is 23.7 Å². The van der Waals surface area contributed by atoms with Gasteiger partial charge in [0.05, 0.1) is 13.2 Å². The molecule has 4 heterocycles. The molecule has 2 aliphatic heterocycles. The van der Waals surface area contributed by atoms with Gasteiger partial charge in [-0.25, -0.2) is 15.0 Å². The van der Waals surface area contributed by atoms with Crippen LogP contribution in [0.4, 0.5) is 5.13 Å². The maximum Gasteiger partial charge on any atom is 0.185 e. The minimum Gasteiger partial charge on any atom is -0.378 e. The highest BCUT2D eigenvalue weighted by molar-refractivity contribution is 7.15. The molecule has 0 aromatic carbocycles. The van der Waals surface area contributed by atoms with E-state index in [-0.39, 0.29) is 0 Å². The fraction of sp³-hybridized carbons (Fsp3) is 0.588. The van der Waals surface area contributed by atoms with Crippen LogP contribution in [0.15, 0.2) is 24.8 Å². The van der Waals surface area contributed by atoms with Crippen LogP contribution in [0.1, 0.15) is 29.3 Å². The van der Waals surface area contributed by atoms with E-state index in [4.69, 9.17) is 4.74 Å². The van der Waals surface area contributed by atoms with E-state index in [2.05, 4.69) is 30.8 Å². The largest absolute Gasteiger partial charge is 0.378 e. The zero-order valence-corrected chi connectivity index (χ0v) is 14.6. The van der Waals surface area contributed by atoms with Crippen molar-refractivity contribution >= 4 is 16.5 Å². The van der Waals surface area contributed by atoms with E-state index in [1.165, 1.54) is 23.4 Å². The van der Waals surface area contributed by atoms with Crippen molar-refractivity contribution in [2.24, 2.45) is 0 Å². The molecular weight excluding hydrogens is 322 g/mol. The van der Waals surface area contributed by atoms with Gasteiger partial charge in [-0.2, -0.15) is 0 Å². The molecule has 1 atom stereocenters. The molecule has 2 aromatic heterocycles. The van der Waals surface area contributed by atoms with Gasteiger partial charge in [0.2, 0.25) is 0 Å². The number of aromatic nitrogens is 3. The molecule has 24 heavy (non-hydrogen) atoms. The zero-order chi connectivity index (χ0) is 16.2. The van der Waals surface area contributed by atoms with Crippen LogP contribution < -0.4 is 4.90 Å². The predicted octanol–water partition coefficient (Wildman–Crippen LogP) is 2.15. The number of thiazole rings is 1. The van der Waals surface area contributed by atoms with E-state index >= 15 is 0 Å². The lowest BCUT2D eigenvalue weighted by Gasteiger charge is -2.32. The molecule has 0 aliphatic carbocycles. The number of ether oxygens (including phenoxy) is 1. The number of hydrogen-bond acceptors (Lipinski definition) is 7. The highest BCUT2D eigenvalue weighted by atomic mass is 32.1. The third kappa shape index (κ3) is 3.74. The molecule has 4 rings (SSSR count). The summed E-state index contributed by atoms with van der Waals surface area (Å²) in [6.45, 7) is 6.74. The van der Waals surface area contributed by atoms with Crippen molar-refractivity contribution in [3.63, 3.8) is 0 Å². The van der Waals surface area contributed by atoms with Crippen molar-refractivity contribution in [2.45, 2.75) is 25.3 Å². The Morgan fingerprint density at radius 2 is 2.12 bits per heavy atom. The molecule has 7 heteroatoms. The lowest BCUT2D eigenvalue weighted by molar-refractivity contribution is 0.122. The Morgan fingerprint density at radius 1 is 1.21 bits per heavy atom. The zero-order valence-electron chi connectivity index (χ0n) is 13.8. The summed E-state index contributed by atoms with van der Waals surface area (Å²) in [5.41, 5.74) is 1.17. The molecule has 0 amide bonds. The summed E-state index contributed by atoms with van der Waals surface area (Å²) in [5, 5.41) is 1.14. The van der Waals surface area contributed by atoms with E-state index in [9.17, 15) is 0 Å². The highest BCUT2D eigenvalue weighted by Gasteiger charge is 2.23. The summed E-state index contributed by atoms with van der Waals surface area (Å²) in [4.78, 5) is 19.3. The first kappa shape index (κ1) is 15.9. The van der Waals surface area contributed by atoms with Crippen LogP contribution in [0.2, 0.25) is 0 Å². The van der Waals surface area contributed by atoms with Gasteiger partial charge in [-0.05, 0) is 25.5 Å². The standard InChI is InChI=1S/C17H23N5OS/c1-2-14(16-3-4-18-13-20-16)11-21(5-1)12-15-10-19-17(24-15)22-6-8-23-9-7-22/h3-4,10,13-14H,1-2,5-9,11-12H2/t14-/m0/s1. The number of rotatable bonds is 4. The third-order valence-corrected chi connectivity index (χ3v) is 5.77. The number of likely N-dealkylation sites (tertiary alicyclic amines) is 1. The molecule has 0 radical (unpaired) electrons. The molecule has 0 unspecified atom stereocenters. The van der Waals surface area contributed by atoms with Gasteiger partial charge < -0.3 is 9.64 Å². The first-order valence-corrected chi connectivity index (χ1v) is 9.46. The summed E-state index contributed by atoms with van der Waals surface area (Å²) in [6, 6.07) is 2.05. The van der Waals surface area contributed by atoms with Gasteiger partial charge in [0, 0.05) is 55.1 Å². The molecule has 2 aliphatic rings. The van der Waals surface area contributed by atoms with Gasteiger partial charge in [-0.1, -0.05) is 0 Å². The molecular formula is C17H23N5OS. The number of nitrogens with zero attached hydrogens (tertiary/aromatic N) is 5. The number of anilines is 1. The molecule has 0 N–H and O–H groups in total. The van der Waals surface area contributed by atoms with Crippen molar-refractivity contribution in [3.8, 4) is 0 Å². The Labute approximate surface area is 146 Å². The fourth-order valence-corrected chi connectivity index (χ4v) is 4.48. The first-order chi connectivity index (χ1) is 11.9. The van der Waals surface area contributed by atoms with E-state index in [1.54, 1.807) is 6.33 Å². The minimum atomic E-state index is 0.522. The van der Waals surface area contributed by atoms with Crippen LogP contribution in [0.3, 0.4) is 0 Å². The van der Waals surface area contributed by atoms with Gasteiger partial charge in [-0.15, -0.1) is 11.3 Å². The molecule has 2 fully saturated rings. The average Bonchev–Trinajstić information content (AvgIpc) is 3.12. The van der Waals surface area contributed by atoms with Crippen molar-refractivity contribution in [1.82, 2.24) is 19.9 Å². The molecule has 6 nitrogen and oxygen atoms in total. The topological polar surface area (TPSA) is 54.4 Å². The Kier molecular flexibility index (Phi) is 5.01. The van der Waals surface area contributed by atoms with Gasteiger partial charge in [0.25, 0.3) is 0 Å². The van der Waals surface area contributed by atoms with E-state index in [0.717, 1.165) is 51.1 Å². The lowest BCUT2D eigenvalue weighted by Crippen LogP contribution is -2.36. The predicted molar refractivity (Wildman–Crippen MR) is 94.4 cm³/mol. The molecule has 0 saturated carbocycles. The van der Waals surface area contributed by atoms with Crippen molar-refractivity contribution in [2.75, 3.05) is 44.3 Å². The fourth-order valence-electron chi connectivity index (χ4n) is 3.47. The van der Waals surface area contributed by atoms with Crippen LogP contribution in [0, 0.1) is 0 Å². The number of piperidine rings is 1. The summed E-state index contributed by atoms with van der Waals surface area (Å²) in [7, 11) is 0. The normalized spacial score (nSPS) is 22.7. The van der Waals surface area contributed by atoms with Crippen molar-refractivity contribution in [1.29, 1.82) is 0 Å².